The van der Waals surface area contributed by atoms with Crippen LogP contribution in [0.4, 0.5) is 15.8 Å². The molecule has 1 amide bonds. The van der Waals surface area contributed by atoms with Gasteiger partial charge in [-0.25, -0.2) is 19.3 Å². The zero-order chi connectivity index (χ0) is 25.2. The van der Waals surface area contributed by atoms with E-state index >= 15 is 0 Å². The number of amides is 1. The van der Waals surface area contributed by atoms with Crippen molar-refractivity contribution in [3.8, 4) is 5.82 Å². The summed E-state index contributed by atoms with van der Waals surface area (Å²) in [5.74, 6) is -0.0815. The lowest BCUT2D eigenvalue weighted by Crippen LogP contribution is -2.42. The van der Waals surface area contributed by atoms with Crippen molar-refractivity contribution in [3.63, 3.8) is 0 Å². The van der Waals surface area contributed by atoms with Crippen molar-refractivity contribution in [1.29, 1.82) is 0 Å². The molecule has 3 N–H and O–H groups in total. The number of carbonyl (C=O) groups is 1. The fourth-order valence-corrected chi connectivity index (χ4v) is 3.52. The number of imidazole rings is 1. The fourth-order valence-electron chi connectivity index (χ4n) is 3.37. The molecule has 0 aromatic carbocycles. The number of alkyl halides is 1. The third-order valence-corrected chi connectivity index (χ3v) is 5.52. The lowest BCUT2D eigenvalue weighted by Gasteiger charge is -2.22. The minimum Gasteiger partial charge on any atom is -0.387 e. The van der Waals surface area contributed by atoms with Gasteiger partial charge in [-0.1, -0.05) is 18.5 Å². The SMILES string of the molecule is CCCn1cc(Nc2cc(-n3cnc4cc(Cl)cnc43)ncc2C(=O)NCC(F)C(C)(C)O)cn1. The zero-order valence-corrected chi connectivity index (χ0v) is 20.3. The Morgan fingerprint density at radius 3 is 2.77 bits per heavy atom. The third kappa shape index (κ3) is 5.57. The number of halogens is 2. The van der Waals surface area contributed by atoms with Crippen molar-refractivity contribution in [3.05, 3.63) is 53.8 Å². The van der Waals surface area contributed by atoms with Crippen LogP contribution < -0.4 is 10.6 Å². The van der Waals surface area contributed by atoms with Gasteiger partial charge in [0.2, 0.25) is 0 Å². The Hall–Kier alpha value is -3.57. The first-order valence-electron chi connectivity index (χ1n) is 11.1. The van der Waals surface area contributed by atoms with Crippen LogP contribution >= 0.6 is 11.6 Å². The van der Waals surface area contributed by atoms with Gasteiger partial charge in [-0.05, 0) is 26.3 Å². The topological polar surface area (TPSA) is 123 Å². The first-order valence-corrected chi connectivity index (χ1v) is 11.5. The molecule has 4 rings (SSSR count). The highest BCUT2D eigenvalue weighted by molar-refractivity contribution is 6.31. The van der Waals surface area contributed by atoms with Crippen molar-refractivity contribution in [2.24, 2.45) is 0 Å². The van der Waals surface area contributed by atoms with Gasteiger partial charge in [0.25, 0.3) is 5.91 Å². The maximum Gasteiger partial charge on any atom is 0.255 e. The normalized spacial score (nSPS) is 12.6. The summed E-state index contributed by atoms with van der Waals surface area (Å²) >= 11 is 6.02. The van der Waals surface area contributed by atoms with E-state index in [0.717, 1.165) is 13.0 Å². The summed E-state index contributed by atoms with van der Waals surface area (Å²) in [4.78, 5) is 26.0. The van der Waals surface area contributed by atoms with Crippen molar-refractivity contribution in [2.45, 2.75) is 45.5 Å². The second kappa shape index (κ2) is 9.96. The molecule has 10 nitrogen and oxygen atoms in total. The Kier molecular flexibility index (Phi) is 6.99. The standard InChI is InChI=1S/C23H26ClFN8O2/c1-4-5-32-12-15(9-30-32)31-17-7-20(33-13-29-18-6-14(24)8-27-21(18)33)26-10-16(17)22(34)28-11-19(25)23(2,3)35/h6-10,12-13,19,35H,4-5,11H2,1-3H3,(H,26,31)(H,28,34). The van der Waals surface area contributed by atoms with E-state index in [2.05, 4.69) is 37.6 Å². The van der Waals surface area contributed by atoms with Crippen LogP contribution in [0.2, 0.25) is 5.02 Å². The molecule has 0 spiro atoms. The molecule has 0 bridgehead atoms. The summed E-state index contributed by atoms with van der Waals surface area (Å²) in [5, 5.41) is 20.3. The molecule has 0 aliphatic rings. The molecular formula is C23H26ClFN8O2. The molecule has 0 saturated carbocycles. The Morgan fingerprint density at radius 2 is 2.03 bits per heavy atom. The monoisotopic (exact) mass is 500 g/mol. The smallest absolute Gasteiger partial charge is 0.255 e. The van der Waals surface area contributed by atoms with E-state index in [1.807, 2.05) is 6.20 Å². The predicted molar refractivity (Wildman–Crippen MR) is 131 cm³/mol. The van der Waals surface area contributed by atoms with Crippen molar-refractivity contribution < 1.29 is 14.3 Å². The number of hydrogen-bond acceptors (Lipinski definition) is 7. The molecule has 1 unspecified atom stereocenters. The highest BCUT2D eigenvalue weighted by atomic mass is 35.5. The van der Waals surface area contributed by atoms with E-state index in [1.54, 1.807) is 33.9 Å². The molecule has 4 aromatic rings. The molecule has 12 heteroatoms. The fraction of sp³-hybridized carbons (Fsp3) is 0.348. The van der Waals surface area contributed by atoms with Crippen LogP contribution in [-0.2, 0) is 6.54 Å². The highest BCUT2D eigenvalue weighted by Gasteiger charge is 2.27. The first kappa shape index (κ1) is 24.6. The Bertz CT molecular complexity index is 1350. The molecule has 4 aromatic heterocycles. The lowest BCUT2D eigenvalue weighted by atomic mass is 10.0. The van der Waals surface area contributed by atoms with Gasteiger partial charge in [0.15, 0.2) is 5.65 Å². The van der Waals surface area contributed by atoms with E-state index < -0.39 is 17.7 Å². The average Bonchev–Trinajstić information content (AvgIpc) is 3.43. The van der Waals surface area contributed by atoms with E-state index in [9.17, 15) is 14.3 Å². The molecule has 0 aliphatic carbocycles. The van der Waals surface area contributed by atoms with Crippen LogP contribution in [0.25, 0.3) is 17.0 Å². The maximum atomic E-state index is 14.2. The van der Waals surface area contributed by atoms with Crippen LogP contribution in [0.3, 0.4) is 0 Å². The average molecular weight is 501 g/mol. The van der Waals surface area contributed by atoms with Crippen molar-refractivity contribution >= 4 is 40.0 Å². The number of anilines is 2. The van der Waals surface area contributed by atoms with Gasteiger partial charge in [0, 0.05) is 31.2 Å². The Balaban J connectivity index is 1.68. The zero-order valence-electron chi connectivity index (χ0n) is 19.5. The third-order valence-electron chi connectivity index (χ3n) is 5.31. The number of hydrogen-bond donors (Lipinski definition) is 3. The van der Waals surface area contributed by atoms with Gasteiger partial charge in [-0.3, -0.25) is 14.0 Å². The van der Waals surface area contributed by atoms with Gasteiger partial charge in [0.05, 0.1) is 40.3 Å². The van der Waals surface area contributed by atoms with E-state index in [1.165, 1.54) is 26.2 Å². The van der Waals surface area contributed by atoms with Gasteiger partial charge < -0.3 is 15.7 Å². The Morgan fingerprint density at radius 1 is 1.23 bits per heavy atom. The Labute approximate surface area is 206 Å². The molecule has 0 fully saturated rings. The van der Waals surface area contributed by atoms with Crippen molar-refractivity contribution in [1.82, 2.24) is 34.6 Å². The summed E-state index contributed by atoms with van der Waals surface area (Å²) < 4.78 is 17.7. The van der Waals surface area contributed by atoms with E-state index in [0.29, 0.717) is 33.4 Å². The summed E-state index contributed by atoms with van der Waals surface area (Å²) in [7, 11) is 0. The minimum absolute atomic E-state index is 0.195. The summed E-state index contributed by atoms with van der Waals surface area (Å²) in [5.41, 5.74) is 0.856. The van der Waals surface area contributed by atoms with Gasteiger partial charge in [-0.2, -0.15) is 5.10 Å². The molecule has 184 valence electrons. The van der Waals surface area contributed by atoms with Gasteiger partial charge >= 0.3 is 0 Å². The van der Waals surface area contributed by atoms with Crippen LogP contribution in [0.15, 0.2) is 43.2 Å². The van der Waals surface area contributed by atoms with Gasteiger partial charge in [0.1, 0.15) is 23.8 Å². The molecule has 35 heavy (non-hydrogen) atoms. The number of aryl methyl sites for hydroxylation is 1. The highest BCUT2D eigenvalue weighted by Crippen LogP contribution is 2.25. The minimum atomic E-state index is -1.64. The van der Waals surface area contributed by atoms with Crippen LogP contribution in [-0.4, -0.2) is 58.6 Å². The molecule has 0 saturated heterocycles. The van der Waals surface area contributed by atoms with E-state index in [-0.39, 0.29) is 12.1 Å². The number of nitrogens with one attached hydrogen (secondary N) is 2. The van der Waals surface area contributed by atoms with Crippen LogP contribution in [0.1, 0.15) is 37.6 Å². The summed E-state index contributed by atoms with van der Waals surface area (Å²) in [6.07, 6.45) is 7.23. The number of aliphatic hydroxyl groups is 1. The number of nitrogens with zero attached hydrogens (tertiary/aromatic N) is 6. The quantitative estimate of drug-likeness (QED) is 0.320. The summed E-state index contributed by atoms with van der Waals surface area (Å²) in [6, 6.07) is 3.37. The first-order chi connectivity index (χ1) is 16.7. The number of pyridine rings is 2. The number of fused-ring (bicyclic) bond motifs is 1. The molecule has 0 radical (unpaired) electrons. The second-order valence-corrected chi connectivity index (χ2v) is 9.08. The van der Waals surface area contributed by atoms with Gasteiger partial charge in [-0.15, -0.1) is 0 Å². The number of carbonyl (C=O) groups excluding carboxylic acids is 1. The summed E-state index contributed by atoms with van der Waals surface area (Å²) in [6.45, 7) is 5.14. The maximum absolute atomic E-state index is 14.2. The largest absolute Gasteiger partial charge is 0.387 e. The van der Waals surface area contributed by atoms with Crippen LogP contribution in [0.5, 0.6) is 0 Å². The molecule has 1 atom stereocenters. The lowest BCUT2D eigenvalue weighted by molar-refractivity contribution is -0.00177. The number of aromatic nitrogens is 6. The van der Waals surface area contributed by atoms with E-state index in [4.69, 9.17) is 11.6 Å². The molecule has 0 aliphatic heterocycles. The number of rotatable bonds is 9. The van der Waals surface area contributed by atoms with Crippen LogP contribution in [0, 0.1) is 0 Å². The molecule has 4 heterocycles. The van der Waals surface area contributed by atoms with Crippen molar-refractivity contribution in [2.75, 3.05) is 11.9 Å². The molecular weight excluding hydrogens is 475 g/mol. The predicted octanol–water partition coefficient (Wildman–Crippen LogP) is 3.66. The second-order valence-electron chi connectivity index (χ2n) is 8.65.